The largest absolute Gasteiger partial charge is 0.455 e. The highest BCUT2D eigenvalue weighted by Gasteiger charge is 2.52. The van der Waals surface area contributed by atoms with Gasteiger partial charge in [0.05, 0.1) is 5.41 Å². The van der Waals surface area contributed by atoms with E-state index >= 15 is 0 Å². The quantitative estimate of drug-likeness (QED) is 0.791. The van der Waals surface area contributed by atoms with Gasteiger partial charge in [-0.05, 0) is 54.7 Å². The van der Waals surface area contributed by atoms with Crippen LogP contribution < -0.4 is 5.32 Å². The standard InChI is InChI=1S/C20H20ClNO3/c1-2-14-3-9-17(10-4-14)22-18(23)13-25-19(24)20(11-12-20)15-5-7-16(21)8-6-15/h3-10H,2,11-13H2,1H3,(H,22,23). The van der Waals surface area contributed by atoms with Gasteiger partial charge in [-0.2, -0.15) is 0 Å². The lowest BCUT2D eigenvalue weighted by atomic mass is 9.96. The van der Waals surface area contributed by atoms with E-state index in [0.29, 0.717) is 10.7 Å². The van der Waals surface area contributed by atoms with Crippen LogP contribution in [0.5, 0.6) is 0 Å². The number of halogens is 1. The predicted octanol–water partition coefficient (Wildman–Crippen LogP) is 4.12. The van der Waals surface area contributed by atoms with Gasteiger partial charge in [-0.25, -0.2) is 0 Å². The molecule has 1 aliphatic carbocycles. The van der Waals surface area contributed by atoms with Crippen molar-refractivity contribution in [2.75, 3.05) is 11.9 Å². The molecule has 0 aliphatic heterocycles. The summed E-state index contributed by atoms with van der Waals surface area (Å²) in [5.41, 5.74) is 2.16. The molecular formula is C20H20ClNO3. The fraction of sp³-hybridized carbons (Fsp3) is 0.300. The Morgan fingerprint density at radius 2 is 1.72 bits per heavy atom. The highest BCUT2D eigenvalue weighted by atomic mass is 35.5. The molecule has 1 amide bonds. The molecule has 4 nitrogen and oxygen atoms in total. The molecule has 0 heterocycles. The number of esters is 1. The first kappa shape index (κ1) is 17.5. The van der Waals surface area contributed by atoms with Crippen LogP contribution in [0.25, 0.3) is 0 Å². The molecule has 0 unspecified atom stereocenters. The van der Waals surface area contributed by atoms with Gasteiger partial charge in [0.2, 0.25) is 0 Å². The van der Waals surface area contributed by atoms with Gasteiger partial charge in [0, 0.05) is 10.7 Å². The highest BCUT2D eigenvalue weighted by molar-refractivity contribution is 6.30. The van der Waals surface area contributed by atoms with Gasteiger partial charge in [-0.15, -0.1) is 0 Å². The van der Waals surface area contributed by atoms with Crippen molar-refractivity contribution in [1.82, 2.24) is 0 Å². The summed E-state index contributed by atoms with van der Waals surface area (Å²) in [6, 6.07) is 14.8. The SMILES string of the molecule is CCc1ccc(NC(=O)COC(=O)C2(c3ccc(Cl)cc3)CC2)cc1. The van der Waals surface area contributed by atoms with Gasteiger partial charge in [0.15, 0.2) is 6.61 Å². The average molecular weight is 358 g/mol. The Kier molecular flexibility index (Phi) is 5.09. The highest BCUT2D eigenvalue weighted by Crippen LogP contribution is 2.49. The molecule has 130 valence electrons. The van der Waals surface area contributed by atoms with Crippen molar-refractivity contribution in [3.63, 3.8) is 0 Å². The first-order valence-corrected chi connectivity index (χ1v) is 8.73. The molecule has 0 spiro atoms. The summed E-state index contributed by atoms with van der Waals surface area (Å²) in [4.78, 5) is 24.4. The Balaban J connectivity index is 1.54. The normalized spacial score (nSPS) is 14.6. The molecule has 1 N–H and O–H groups in total. The van der Waals surface area contributed by atoms with Crippen molar-refractivity contribution in [2.24, 2.45) is 0 Å². The molecule has 25 heavy (non-hydrogen) atoms. The van der Waals surface area contributed by atoms with E-state index < -0.39 is 5.41 Å². The summed E-state index contributed by atoms with van der Waals surface area (Å²) in [6.45, 7) is 1.78. The van der Waals surface area contributed by atoms with Crippen LogP contribution in [0.4, 0.5) is 5.69 Å². The number of hydrogen-bond acceptors (Lipinski definition) is 3. The van der Waals surface area contributed by atoms with Gasteiger partial charge >= 0.3 is 5.97 Å². The Morgan fingerprint density at radius 3 is 2.28 bits per heavy atom. The van der Waals surface area contributed by atoms with Crippen LogP contribution in [0.1, 0.15) is 30.9 Å². The number of ether oxygens (including phenoxy) is 1. The second kappa shape index (κ2) is 7.28. The molecule has 3 rings (SSSR count). The third-order valence-corrected chi connectivity index (χ3v) is 4.77. The van der Waals surface area contributed by atoms with Crippen LogP contribution in [-0.2, 0) is 26.2 Å². The molecule has 1 aliphatic rings. The lowest BCUT2D eigenvalue weighted by molar-refractivity contribution is -0.150. The van der Waals surface area contributed by atoms with E-state index in [2.05, 4.69) is 12.2 Å². The Morgan fingerprint density at radius 1 is 1.08 bits per heavy atom. The first-order valence-electron chi connectivity index (χ1n) is 8.35. The maximum atomic E-state index is 12.4. The molecule has 0 aromatic heterocycles. The van der Waals surface area contributed by atoms with Crippen LogP contribution in [-0.4, -0.2) is 18.5 Å². The number of anilines is 1. The minimum atomic E-state index is -0.617. The van der Waals surface area contributed by atoms with E-state index in [1.165, 1.54) is 5.56 Å². The summed E-state index contributed by atoms with van der Waals surface area (Å²) >= 11 is 5.89. The van der Waals surface area contributed by atoms with E-state index in [4.69, 9.17) is 16.3 Å². The maximum absolute atomic E-state index is 12.4. The number of carbonyl (C=O) groups excluding carboxylic acids is 2. The van der Waals surface area contributed by atoms with Crippen LogP contribution in [0.15, 0.2) is 48.5 Å². The number of aryl methyl sites for hydroxylation is 1. The van der Waals surface area contributed by atoms with E-state index in [1.54, 1.807) is 12.1 Å². The van der Waals surface area contributed by atoms with Crippen molar-refractivity contribution in [3.8, 4) is 0 Å². The summed E-state index contributed by atoms with van der Waals surface area (Å²) in [7, 11) is 0. The van der Waals surface area contributed by atoms with Crippen molar-refractivity contribution >= 4 is 29.2 Å². The van der Waals surface area contributed by atoms with E-state index in [1.807, 2.05) is 36.4 Å². The second-order valence-electron chi connectivity index (χ2n) is 6.26. The van der Waals surface area contributed by atoms with Crippen molar-refractivity contribution in [1.29, 1.82) is 0 Å². The summed E-state index contributed by atoms with van der Waals surface area (Å²) in [5, 5.41) is 3.36. The topological polar surface area (TPSA) is 55.4 Å². The number of carbonyl (C=O) groups is 2. The minimum absolute atomic E-state index is 0.288. The molecule has 0 radical (unpaired) electrons. The Labute approximate surface area is 152 Å². The smallest absolute Gasteiger partial charge is 0.317 e. The third-order valence-electron chi connectivity index (χ3n) is 4.52. The van der Waals surface area contributed by atoms with Gasteiger partial charge in [0.25, 0.3) is 5.91 Å². The fourth-order valence-corrected chi connectivity index (χ4v) is 2.92. The maximum Gasteiger partial charge on any atom is 0.317 e. The molecule has 1 saturated carbocycles. The Bertz CT molecular complexity index is 765. The number of benzene rings is 2. The van der Waals surface area contributed by atoms with Crippen molar-refractivity contribution in [3.05, 3.63) is 64.7 Å². The zero-order valence-electron chi connectivity index (χ0n) is 14.0. The summed E-state index contributed by atoms with van der Waals surface area (Å²) in [5.74, 6) is -0.698. The van der Waals surface area contributed by atoms with Gasteiger partial charge in [0.1, 0.15) is 0 Å². The fourth-order valence-electron chi connectivity index (χ4n) is 2.79. The summed E-state index contributed by atoms with van der Waals surface area (Å²) < 4.78 is 5.25. The molecule has 0 saturated heterocycles. The first-order chi connectivity index (χ1) is 12.0. The molecular weight excluding hydrogens is 338 g/mol. The van der Waals surface area contributed by atoms with Crippen LogP contribution in [0, 0.1) is 0 Å². The van der Waals surface area contributed by atoms with Gasteiger partial charge < -0.3 is 10.1 Å². The van der Waals surface area contributed by atoms with E-state index in [0.717, 1.165) is 24.8 Å². The zero-order valence-corrected chi connectivity index (χ0v) is 14.8. The molecule has 2 aromatic carbocycles. The lowest BCUT2D eigenvalue weighted by Gasteiger charge is -2.15. The molecule has 1 fully saturated rings. The molecule has 0 bridgehead atoms. The third kappa shape index (κ3) is 4.02. The minimum Gasteiger partial charge on any atom is -0.455 e. The predicted molar refractivity (Wildman–Crippen MR) is 97.8 cm³/mol. The van der Waals surface area contributed by atoms with Gasteiger partial charge in [-0.1, -0.05) is 42.8 Å². The zero-order chi connectivity index (χ0) is 17.9. The second-order valence-corrected chi connectivity index (χ2v) is 6.70. The molecule has 2 aromatic rings. The number of rotatable bonds is 6. The van der Waals surface area contributed by atoms with Crippen LogP contribution in [0.2, 0.25) is 5.02 Å². The average Bonchev–Trinajstić information content (AvgIpc) is 3.43. The van der Waals surface area contributed by atoms with Crippen LogP contribution in [0.3, 0.4) is 0 Å². The Hall–Kier alpha value is -2.33. The number of hydrogen-bond donors (Lipinski definition) is 1. The van der Waals surface area contributed by atoms with E-state index in [9.17, 15) is 9.59 Å². The molecule has 0 atom stereocenters. The van der Waals surface area contributed by atoms with Gasteiger partial charge in [-0.3, -0.25) is 9.59 Å². The lowest BCUT2D eigenvalue weighted by Crippen LogP contribution is -2.28. The van der Waals surface area contributed by atoms with Crippen molar-refractivity contribution < 1.29 is 14.3 Å². The van der Waals surface area contributed by atoms with E-state index in [-0.39, 0.29) is 18.5 Å². The van der Waals surface area contributed by atoms with Crippen LogP contribution >= 0.6 is 11.6 Å². The monoisotopic (exact) mass is 357 g/mol. The number of nitrogens with one attached hydrogen (secondary N) is 1. The summed E-state index contributed by atoms with van der Waals surface area (Å²) in [6.07, 6.45) is 2.40. The number of amides is 1. The van der Waals surface area contributed by atoms with Crippen molar-refractivity contribution in [2.45, 2.75) is 31.6 Å². The molecule has 5 heteroatoms.